The molecule has 2 heterocycles. The van der Waals surface area contributed by atoms with E-state index in [-0.39, 0.29) is 0 Å². The van der Waals surface area contributed by atoms with Gasteiger partial charge in [-0.1, -0.05) is 19.3 Å². The molecule has 3 heteroatoms. The minimum atomic E-state index is -0.399. The molecular formula is C14H26N2O. The van der Waals surface area contributed by atoms with Crippen molar-refractivity contribution in [1.82, 2.24) is 10.2 Å². The highest BCUT2D eigenvalue weighted by Crippen LogP contribution is 2.30. The summed E-state index contributed by atoms with van der Waals surface area (Å²) in [7, 11) is 0. The number of fused-ring (bicyclic) bond motifs is 1. The normalized spacial score (nSPS) is 37.2. The van der Waals surface area contributed by atoms with Crippen molar-refractivity contribution in [2.75, 3.05) is 19.6 Å². The molecule has 17 heavy (non-hydrogen) atoms. The van der Waals surface area contributed by atoms with E-state index in [0.29, 0.717) is 6.04 Å². The largest absolute Gasteiger partial charge is 0.389 e. The van der Waals surface area contributed by atoms with Gasteiger partial charge in [0.05, 0.1) is 5.60 Å². The molecule has 0 radical (unpaired) electrons. The minimum Gasteiger partial charge on any atom is -0.389 e. The first kappa shape index (κ1) is 11.9. The first-order valence-electron chi connectivity index (χ1n) is 7.47. The third-order valence-corrected chi connectivity index (χ3v) is 5.08. The number of nitrogens with zero attached hydrogens (tertiary/aromatic N) is 1. The number of rotatable bonds is 3. The number of nitrogens with one attached hydrogen (secondary N) is 1. The average Bonchev–Trinajstić information content (AvgIpc) is 2.90. The van der Waals surface area contributed by atoms with Crippen LogP contribution in [0.5, 0.6) is 0 Å². The Morgan fingerprint density at radius 2 is 1.88 bits per heavy atom. The lowest BCUT2D eigenvalue weighted by Crippen LogP contribution is -2.48. The summed E-state index contributed by atoms with van der Waals surface area (Å²) in [4.78, 5) is 2.63. The zero-order chi connectivity index (χ0) is 11.7. The summed E-state index contributed by atoms with van der Waals surface area (Å²) in [6.45, 7) is 3.38. The second-order valence-corrected chi connectivity index (χ2v) is 6.31. The predicted molar refractivity (Wildman–Crippen MR) is 69.0 cm³/mol. The Hall–Kier alpha value is -0.120. The lowest BCUT2D eigenvalue weighted by atomic mass is 9.84. The quantitative estimate of drug-likeness (QED) is 0.782. The molecule has 3 rings (SSSR count). The van der Waals surface area contributed by atoms with Crippen LogP contribution in [-0.2, 0) is 0 Å². The van der Waals surface area contributed by atoms with E-state index < -0.39 is 5.60 Å². The van der Waals surface area contributed by atoms with Crippen molar-refractivity contribution in [2.45, 2.75) is 69.1 Å². The lowest BCUT2D eigenvalue weighted by molar-refractivity contribution is 0.00201. The number of hydrogen-bond acceptors (Lipinski definition) is 3. The fraction of sp³-hybridized carbons (Fsp3) is 1.00. The van der Waals surface area contributed by atoms with Gasteiger partial charge >= 0.3 is 0 Å². The predicted octanol–water partition coefficient (Wildman–Crippen LogP) is 1.51. The molecule has 98 valence electrons. The molecule has 0 aromatic heterocycles. The maximum atomic E-state index is 10.5. The summed E-state index contributed by atoms with van der Waals surface area (Å²) in [5.74, 6) is 0. The van der Waals surface area contributed by atoms with E-state index in [2.05, 4.69) is 10.2 Å². The van der Waals surface area contributed by atoms with E-state index in [1.807, 2.05) is 0 Å². The van der Waals surface area contributed by atoms with Gasteiger partial charge in [-0.05, 0) is 38.6 Å². The van der Waals surface area contributed by atoms with Gasteiger partial charge in [-0.15, -0.1) is 0 Å². The maximum absolute atomic E-state index is 10.5. The van der Waals surface area contributed by atoms with Crippen LogP contribution < -0.4 is 5.32 Å². The van der Waals surface area contributed by atoms with Gasteiger partial charge in [-0.3, -0.25) is 4.90 Å². The minimum absolute atomic E-state index is 0.399. The van der Waals surface area contributed by atoms with Crippen LogP contribution in [0.15, 0.2) is 0 Å². The Balaban J connectivity index is 1.50. The van der Waals surface area contributed by atoms with Gasteiger partial charge in [-0.25, -0.2) is 0 Å². The molecular weight excluding hydrogens is 212 g/mol. The van der Waals surface area contributed by atoms with Crippen LogP contribution in [0.3, 0.4) is 0 Å². The van der Waals surface area contributed by atoms with E-state index in [4.69, 9.17) is 0 Å². The van der Waals surface area contributed by atoms with E-state index in [9.17, 15) is 5.11 Å². The van der Waals surface area contributed by atoms with Crippen LogP contribution >= 0.6 is 0 Å². The summed E-state index contributed by atoms with van der Waals surface area (Å²) in [5, 5.41) is 14.2. The van der Waals surface area contributed by atoms with Gasteiger partial charge in [0.15, 0.2) is 0 Å². The Kier molecular flexibility index (Phi) is 3.42. The molecule has 3 nitrogen and oxygen atoms in total. The van der Waals surface area contributed by atoms with Crippen molar-refractivity contribution in [3.05, 3.63) is 0 Å². The van der Waals surface area contributed by atoms with E-state index in [0.717, 1.165) is 25.4 Å². The highest BCUT2D eigenvalue weighted by atomic mass is 16.3. The Labute approximate surface area is 105 Å². The van der Waals surface area contributed by atoms with Crippen molar-refractivity contribution in [3.8, 4) is 0 Å². The molecule has 1 aliphatic carbocycles. The summed E-state index contributed by atoms with van der Waals surface area (Å²) in [6.07, 6.45) is 9.73. The molecule has 3 fully saturated rings. The monoisotopic (exact) mass is 238 g/mol. The van der Waals surface area contributed by atoms with Gasteiger partial charge in [0.2, 0.25) is 0 Å². The molecule has 2 aliphatic heterocycles. The van der Waals surface area contributed by atoms with Crippen LogP contribution in [0.1, 0.15) is 51.4 Å². The second kappa shape index (κ2) is 4.87. The summed E-state index contributed by atoms with van der Waals surface area (Å²) in [6, 6.07) is 1.41. The highest BCUT2D eigenvalue weighted by Gasteiger charge is 2.38. The van der Waals surface area contributed by atoms with Crippen LogP contribution in [-0.4, -0.2) is 47.3 Å². The SMILES string of the molecule is OC1(CNC2CCN3CCCC23)CCCCC1. The van der Waals surface area contributed by atoms with Crippen LogP contribution in [0.4, 0.5) is 0 Å². The number of aliphatic hydroxyl groups is 1. The highest BCUT2D eigenvalue weighted by molar-refractivity contribution is 4.97. The van der Waals surface area contributed by atoms with Gasteiger partial charge in [-0.2, -0.15) is 0 Å². The summed E-state index contributed by atoms with van der Waals surface area (Å²) in [5.41, 5.74) is -0.399. The van der Waals surface area contributed by atoms with Crippen LogP contribution in [0, 0.1) is 0 Å². The van der Waals surface area contributed by atoms with Gasteiger partial charge in [0, 0.05) is 25.2 Å². The summed E-state index contributed by atoms with van der Waals surface area (Å²) >= 11 is 0. The molecule has 0 spiro atoms. The Morgan fingerprint density at radius 1 is 1.06 bits per heavy atom. The summed E-state index contributed by atoms with van der Waals surface area (Å²) < 4.78 is 0. The molecule has 2 atom stereocenters. The maximum Gasteiger partial charge on any atom is 0.0771 e. The molecule has 2 saturated heterocycles. The standard InChI is InChI=1S/C14H26N2O/c17-14(7-2-1-3-8-14)11-15-12-6-10-16-9-4-5-13(12)16/h12-13,15,17H,1-11H2. The molecule has 0 bridgehead atoms. The zero-order valence-electron chi connectivity index (χ0n) is 10.8. The fourth-order valence-electron chi connectivity index (χ4n) is 4.03. The van der Waals surface area contributed by atoms with Gasteiger partial charge in [0.1, 0.15) is 0 Å². The molecule has 0 aromatic rings. The van der Waals surface area contributed by atoms with Gasteiger partial charge in [0.25, 0.3) is 0 Å². The molecule has 0 aromatic carbocycles. The fourth-order valence-corrected chi connectivity index (χ4v) is 4.03. The first-order valence-corrected chi connectivity index (χ1v) is 7.47. The third-order valence-electron chi connectivity index (χ3n) is 5.08. The molecule has 2 N–H and O–H groups in total. The van der Waals surface area contributed by atoms with Gasteiger partial charge < -0.3 is 10.4 Å². The van der Waals surface area contributed by atoms with Crippen molar-refractivity contribution in [3.63, 3.8) is 0 Å². The first-order chi connectivity index (χ1) is 8.27. The third kappa shape index (κ3) is 2.51. The van der Waals surface area contributed by atoms with Crippen molar-refractivity contribution in [2.24, 2.45) is 0 Å². The van der Waals surface area contributed by atoms with Crippen molar-refractivity contribution >= 4 is 0 Å². The van der Waals surface area contributed by atoms with Crippen molar-refractivity contribution in [1.29, 1.82) is 0 Å². The van der Waals surface area contributed by atoms with E-state index >= 15 is 0 Å². The zero-order valence-corrected chi connectivity index (χ0v) is 10.8. The Morgan fingerprint density at radius 3 is 2.71 bits per heavy atom. The lowest BCUT2D eigenvalue weighted by Gasteiger charge is -2.34. The topological polar surface area (TPSA) is 35.5 Å². The van der Waals surface area contributed by atoms with Crippen molar-refractivity contribution < 1.29 is 5.11 Å². The molecule has 2 unspecified atom stereocenters. The van der Waals surface area contributed by atoms with Crippen LogP contribution in [0.2, 0.25) is 0 Å². The second-order valence-electron chi connectivity index (χ2n) is 6.31. The van der Waals surface area contributed by atoms with Crippen LogP contribution in [0.25, 0.3) is 0 Å². The number of hydrogen-bond donors (Lipinski definition) is 2. The van der Waals surface area contributed by atoms with E-state index in [1.165, 1.54) is 51.6 Å². The smallest absolute Gasteiger partial charge is 0.0771 e. The van der Waals surface area contributed by atoms with E-state index in [1.54, 1.807) is 0 Å². The molecule has 3 aliphatic rings. The molecule has 1 saturated carbocycles. The molecule has 0 amide bonds. The Bertz CT molecular complexity index is 263. The average molecular weight is 238 g/mol.